The van der Waals surface area contributed by atoms with Crippen LogP contribution in [0, 0.1) is 5.41 Å². The molecule has 1 aromatic carbocycles. The van der Waals surface area contributed by atoms with Crippen LogP contribution >= 0.6 is 0 Å². The molecule has 1 aromatic heterocycles. The molecule has 1 atom stereocenters. The highest BCUT2D eigenvalue weighted by atomic mass is 16.3. The minimum absolute atomic E-state index is 0.0527. The number of aryl methyl sites for hydroxylation is 1. The van der Waals surface area contributed by atoms with E-state index in [4.69, 9.17) is 0 Å². The van der Waals surface area contributed by atoms with Gasteiger partial charge < -0.3 is 5.11 Å². The summed E-state index contributed by atoms with van der Waals surface area (Å²) in [6, 6.07) is 8.32. The lowest BCUT2D eigenvalue weighted by Gasteiger charge is -2.25. The number of aliphatic hydroxyl groups is 1. The van der Waals surface area contributed by atoms with Crippen LogP contribution in [-0.4, -0.2) is 16.2 Å². The first-order chi connectivity index (χ1) is 8.48. The molecule has 0 aliphatic rings. The Balaban J connectivity index is 2.18. The molecule has 2 nitrogen and oxygen atoms in total. The van der Waals surface area contributed by atoms with Gasteiger partial charge in [0.25, 0.3) is 0 Å². The smallest absolute Gasteiger partial charge is 0.0591 e. The van der Waals surface area contributed by atoms with E-state index < -0.39 is 0 Å². The highest BCUT2D eigenvalue weighted by Gasteiger charge is 2.21. The van der Waals surface area contributed by atoms with Crippen LogP contribution in [0.2, 0.25) is 0 Å². The third-order valence-corrected chi connectivity index (χ3v) is 3.46. The van der Waals surface area contributed by atoms with Crippen LogP contribution in [0.5, 0.6) is 0 Å². The predicted octanol–water partition coefficient (Wildman–Crippen LogP) is 3.57. The SMILES string of the molecule is CC(C)(C)C(O)CCc1cccc2ccncc12. The van der Waals surface area contributed by atoms with Crippen LogP contribution in [0.4, 0.5) is 0 Å². The lowest BCUT2D eigenvalue weighted by Crippen LogP contribution is -2.26. The van der Waals surface area contributed by atoms with Crippen LogP contribution in [0.15, 0.2) is 36.7 Å². The summed E-state index contributed by atoms with van der Waals surface area (Å²) < 4.78 is 0. The Kier molecular flexibility index (Phi) is 3.67. The second-order valence-electron chi connectivity index (χ2n) is 5.93. The number of rotatable bonds is 3. The zero-order chi connectivity index (χ0) is 13.2. The van der Waals surface area contributed by atoms with Crippen molar-refractivity contribution in [3.05, 3.63) is 42.2 Å². The summed E-state index contributed by atoms with van der Waals surface area (Å²) in [6.07, 6.45) is 5.13. The van der Waals surface area contributed by atoms with Crippen molar-refractivity contribution in [1.82, 2.24) is 4.98 Å². The molecule has 2 heteroatoms. The number of hydrogen-bond acceptors (Lipinski definition) is 2. The first-order valence-electron chi connectivity index (χ1n) is 6.48. The summed E-state index contributed by atoms with van der Waals surface area (Å²) in [7, 11) is 0. The van der Waals surface area contributed by atoms with Crippen molar-refractivity contribution >= 4 is 10.8 Å². The van der Waals surface area contributed by atoms with Gasteiger partial charge >= 0.3 is 0 Å². The fraction of sp³-hybridized carbons (Fsp3) is 0.438. The Morgan fingerprint density at radius 2 is 2.00 bits per heavy atom. The average Bonchev–Trinajstić information content (AvgIpc) is 2.34. The summed E-state index contributed by atoms with van der Waals surface area (Å²) in [5, 5.41) is 12.5. The third kappa shape index (κ3) is 2.88. The van der Waals surface area contributed by atoms with Gasteiger partial charge in [-0.2, -0.15) is 0 Å². The number of nitrogens with zero attached hydrogens (tertiary/aromatic N) is 1. The van der Waals surface area contributed by atoms with E-state index in [1.807, 2.05) is 18.5 Å². The maximum Gasteiger partial charge on any atom is 0.0591 e. The zero-order valence-corrected chi connectivity index (χ0v) is 11.4. The number of hydrogen-bond donors (Lipinski definition) is 1. The molecule has 0 spiro atoms. The topological polar surface area (TPSA) is 33.1 Å². The van der Waals surface area contributed by atoms with E-state index in [1.54, 1.807) is 0 Å². The minimum atomic E-state index is -0.274. The fourth-order valence-corrected chi connectivity index (χ4v) is 2.12. The molecular weight excluding hydrogens is 222 g/mol. The number of aliphatic hydroxyl groups excluding tert-OH is 1. The van der Waals surface area contributed by atoms with Gasteiger partial charge in [-0.15, -0.1) is 0 Å². The van der Waals surface area contributed by atoms with Crippen LogP contribution < -0.4 is 0 Å². The molecule has 0 amide bonds. The molecule has 0 fully saturated rings. The van der Waals surface area contributed by atoms with Gasteiger partial charge in [0.05, 0.1) is 6.10 Å². The van der Waals surface area contributed by atoms with E-state index in [2.05, 4.69) is 44.0 Å². The van der Waals surface area contributed by atoms with Crippen molar-refractivity contribution in [2.75, 3.05) is 0 Å². The van der Waals surface area contributed by atoms with Crippen molar-refractivity contribution in [2.45, 2.75) is 39.7 Å². The molecule has 18 heavy (non-hydrogen) atoms. The summed E-state index contributed by atoms with van der Waals surface area (Å²) >= 11 is 0. The molecular formula is C16H21NO. The molecule has 1 N–H and O–H groups in total. The standard InChI is InChI=1S/C16H21NO/c1-16(2,3)15(18)8-7-12-5-4-6-13-9-10-17-11-14(12)13/h4-6,9-11,15,18H,7-8H2,1-3H3. The normalized spacial score (nSPS) is 13.8. The van der Waals surface area contributed by atoms with Gasteiger partial charge in [-0.3, -0.25) is 4.98 Å². The van der Waals surface area contributed by atoms with Crippen LogP contribution in [0.3, 0.4) is 0 Å². The van der Waals surface area contributed by atoms with Crippen molar-refractivity contribution < 1.29 is 5.11 Å². The summed E-state index contributed by atoms with van der Waals surface area (Å²) in [4.78, 5) is 4.19. The molecule has 0 aliphatic heterocycles. The average molecular weight is 243 g/mol. The summed E-state index contributed by atoms with van der Waals surface area (Å²) in [5.41, 5.74) is 1.21. The van der Waals surface area contributed by atoms with Gasteiger partial charge in [0, 0.05) is 17.8 Å². The highest BCUT2D eigenvalue weighted by molar-refractivity contribution is 5.84. The van der Waals surface area contributed by atoms with Crippen molar-refractivity contribution in [3.63, 3.8) is 0 Å². The third-order valence-electron chi connectivity index (χ3n) is 3.46. The Bertz CT molecular complexity index is 523. The molecule has 1 unspecified atom stereocenters. The molecule has 2 aromatic rings. The lowest BCUT2D eigenvalue weighted by atomic mass is 9.85. The highest BCUT2D eigenvalue weighted by Crippen LogP contribution is 2.25. The second kappa shape index (κ2) is 5.07. The minimum Gasteiger partial charge on any atom is -0.393 e. The first-order valence-corrected chi connectivity index (χ1v) is 6.48. The molecule has 1 heterocycles. The van der Waals surface area contributed by atoms with Gasteiger partial charge in [0.1, 0.15) is 0 Å². The number of benzene rings is 1. The Morgan fingerprint density at radius 3 is 2.72 bits per heavy atom. The van der Waals surface area contributed by atoms with Crippen molar-refractivity contribution in [2.24, 2.45) is 5.41 Å². The summed E-state index contributed by atoms with van der Waals surface area (Å²) in [5.74, 6) is 0. The molecule has 0 aliphatic carbocycles. The first kappa shape index (κ1) is 13.0. The van der Waals surface area contributed by atoms with Crippen LogP contribution in [-0.2, 0) is 6.42 Å². The quantitative estimate of drug-likeness (QED) is 0.894. The number of aromatic nitrogens is 1. The van der Waals surface area contributed by atoms with E-state index >= 15 is 0 Å². The predicted molar refractivity (Wildman–Crippen MR) is 75.5 cm³/mol. The van der Waals surface area contributed by atoms with E-state index in [9.17, 15) is 5.11 Å². The van der Waals surface area contributed by atoms with Gasteiger partial charge in [-0.25, -0.2) is 0 Å². The molecule has 0 bridgehead atoms. The van der Waals surface area contributed by atoms with E-state index in [0.717, 1.165) is 12.8 Å². The van der Waals surface area contributed by atoms with E-state index in [-0.39, 0.29) is 11.5 Å². The number of fused-ring (bicyclic) bond motifs is 1. The lowest BCUT2D eigenvalue weighted by molar-refractivity contribution is 0.0561. The molecule has 96 valence electrons. The van der Waals surface area contributed by atoms with Crippen LogP contribution in [0.1, 0.15) is 32.8 Å². The van der Waals surface area contributed by atoms with Gasteiger partial charge in [-0.1, -0.05) is 39.0 Å². The summed E-state index contributed by atoms with van der Waals surface area (Å²) in [6.45, 7) is 6.22. The zero-order valence-electron chi connectivity index (χ0n) is 11.4. The molecule has 0 saturated heterocycles. The van der Waals surface area contributed by atoms with Gasteiger partial charge in [0.15, 0.2) is 0 Å². The molecule has 0 saturated carbocycles. The monoisotopic (exact) mass is 243 g/mol. The largest absolute Gasteiger partial charge is 0.393 e. The van der Waals surface area contributed by atoms with Crippen LogP contribution in [0.25, 0.3) is 10.8 Å². The van der Waals surface area contributed by atoms with Crippen molar-refractivity contribution in [1.29, 1.82) is 0 Å². The second-order valence-corrected chi connectivity index (χ2v) is 5.93. The van der Waals surface area contributed by atoms with Gasteiger partial charge in [0.2, 0.25) is 0 Å². The Hall–Kier alpha value is -1.41. The van der Waals surface area contributed by atoms with E-state index in [1.165, 1.54) is 16.3 Å². The van der Waals surface area contributed by atoms with Crippen molar-refractivity contribution in [3.8, 4) is 0 Å². The van der Waals surface area contributed by atoms with E-state index in [0.29, 0.717) is 0 Å². The molecule has 0 radical (unpaired) electrons. The number of pyridine rings is 1. The maximum atomic E-state index is 10.1. The van der Waals surface area contributed by atoms with Gasteiger partial charge in [-0.05, 0) is 35.3 Å². The maximum absolute atomic E-state index is 10.1. The fourth-order valence-electron chi connectivity index (χ4n) is 2.12. The molecule has 2 rings (SSSR count). The Morgan fingerprint density at radius 1 is 1.22 bits per heavy atom. The Labute approximate surface area is 109 Å².